The molecule has 0 aliphatic rings. The normalized spacial score (nSPS) is 11.7. The van der Waals surface area contributed by atoms with Gasteiger partial charge in [0.15, 0.2) is 0 Å². The summed E-state index contributed by atoms with van der Waals surface area (Å²) in [5.41, 5.74) is 1.25. The first-order valence-corrected chi connectivity index (χ1v) is 9.57. The minimum atomic E-state index is -3.79. The minimum absolute atomic E-state index is 0.00753. The first kappa shape index (κ1) is 18.7. The minimum Gasteiger partial charge on any atom is -0.456 e. The molecule has 136 valence electrons. The number of benzene rings is 1. The maximum Gasteiger partial charge on any atom is 0.338 e. The topological polar surface area (TPSA) is 89.8 Å². The number of fused-ring (bicyclic) bond motifs is 1. The zero-order valence-corrected chi connectivity index (χ0v) is 15.8. The highest BCUT2D eigenvalue weighted by atomic mass is 35.5. The predicted octanol–water partition coefficient (Wildman–Crippen LogP) is 2.91. The summed E-state index contributed by atoms with van der Waals surface area (Å²) >= 11 is 11.8. The van der Waals surface area contributed by atoms with E-state index in [-0.39, 0.29) is 22.1 Å². The molecule has 0 bridgehead atoms. The van der Waals surface area contributed by atoms with Crippen LogP contribution in [0.1, 0.15) is 16.1 Å². The summed E-state index contributed by atoms with van der Waals surface area (Å²) in [5.74, 6) is -0.690. The molecule has 7 nitrogen and oxygen atoms in total. The van der Waals surface area contributed by atoms with E-state index in [1.807, 2.05) is 0 Å². The molecule has 0 unspecified atom stereocenters. The molecular weight excluding hydrogens is 401 g/mol. The number of imidazole rings is 1. The van der Waals surface area contributed by atoms with Crippen LogP contribution in [0.15, 0.2) is 47.6 Å². The summed E-state index contributed by atoms with van der Waals surface area (Å²) in [6.45, 7) is -0.0745. The monoisotopic (exact) mass is 413 g/mol. The van der Waals surface area contributed by atoms with Crippen LogP contribution in [0.2, 0.25) is 10.0 Å². The van der Waals surface area contributed by atoms with E-state index in [4.69, 9.17) is 27.9 Å². The lowest BCUT2D eigenvalue weighted by molar-refractivity contribution is 0.0468. The van der Waals surface area contributed by atoms with Crippen LogP contribution in [0.5, 0.6) is 0 Å². The lowest BCUT2D eigenvalue weighted by atomic mass is 10.2. The molecule has 0 saturated heterocycles. The van der Waals surface area contributed by atoms with Gasteiger partial charge in [-0.2, -0.15) is 0 Å². The third kappa shape index (κ3) is 3.83. The van der Waals surface area contributed by atoms with Crippen molar-refractivity contribution in [3.8, 4) is 0 Å². The lowest BCUT2D eigenvalue weighted by Gasteiger charge is -2.08. The van der Waals surface area contributed by atoms with Gasteiger partial charge in [0.05, 0.1) is 21.3 Å². The Morgan fingerprint density at radius 3 is 2.73 bits per heavy atom. The van der Waals surface area contributed by atoms with Crippen LogP contribution in [0.3, 0.4) is 0 Å². The molecule has 0 saturated carbocycles. The van der Waals surface area contributed by atoms with Crippen molar-refractivity contribution in [2.24, 2.45) is 0 Å². The van der Waals surface area contributed by atoms with Crippen molar-refractivity contribution in [1.82, 2.24) is 14.1 Å². The van der Waals surface area contributed by atoms with Gasteiger partial charge in [-0.3, -0.25) is 0 Å². The Morgan fingerprint density at radius 2 is 2.00 bits per heavy atom. The van der Waals surface area contributed by atoms with E-state index < -0.39 is 16.0 Å². The van der Waals surface area contributed by atoms with Crippen molar-refractivity contribution >= 4 is 44.8 Å². The van der Waals surface area contributed by atoms with Gasteiger partial charge in [0, 0.05) is 12.4 Å². The van der Waals surface area contributed by atoms with Gasteiger partial charge in [0.1, 0.15) is 17.1 Å². The highest BCUT2D eigenvalue weighted by Crippen LogP contribution is 2.23. The van der Waals surface area contributed by atoms with Crippen LogP contribution in [-0.4, -0.2) is 30.8 Å². The number of pyridine rings is 1. The second-order valence-corrected chi connectivity index (χ2v) is 7.97. The molecule has 0 atom stereocenters. The number of ether oxygens (including phenoxy) is 1. The zero-order valence-electron chi connectivity index (χ0n) is 13.4. The number of rotatable bonds is 5. The van der Waals surface area contributed by atoms with Gasteiger partial charge >= 0.3 is 5.97 Å². The maximum absolute atomic E-state index is 12.2. The van der Waals surface area contributed by atoms with Crippen molar-refractivity contribution in [1.29, 1.82) is 0 Å². The van der Waals surface area contributed by atoms with Crippen molar-refractivity contribution < 1.29 is 17.9 Å². The molecule has 0 aliphatic heterocycles. The fourth-order valence-corrected chi connectivity index (χ4v) is 3.67. The van der Waals surface area contributed by atoms with Gasteiger partial charge in [-0.25, -0.2) is 22.9 Å². The Hall–Kier alpha value is -2.13. The number of nitrogens with one attached hydrogen (secondary N) is 1. The SMILES string of the molecule is CNS(=O)(=O)c1cc(C(=O)OCc2cn3cc(Cl)ccc3n2)ccc1Cl. The second kappa shape index (κ2) is 7.24. The molecule has 0 aliphatic carbocycles. The lowest BCUT2D eigenvalue weighted by Crippen LogP contribution is -2.19. The Morgan fingerprint density at radius 1 is 1.23 bits per heavy atom. The number of hydrogen-bond acceptors (Lipinski definition) is 5. The van der Waals surface area contributed by atoms with Gasteiger partial charge in [0.2, 0.25) is 10.0 Å². The number of carbonyl (C=O) groups is 1. The third-order valence-electron chi connectivity index (χ3n) is 3.54. The summed E-state index contributed by atoms with van der Waals surface area (Å²) in [4.78, 5) is 16.3. The summed E-state index contributed by atoms with van der Waals surface area (Å²) in [6, 6.07) is 7.33. The van der Waals surface area contributed by atoms with E-state index in [2.05, 4.69) is 9.71 Å². The summed E-state index contributed by atoms with van der Waals surface area (Å²) < 4.78 is 32.9. The standard InChI is InChI=1S/C16H13Cl2N3O4S/c1-19-26(23,24)14-6-10(2-4-13(14)18)16(22)25-9-12-8-21-7-11(17)3-5-15(21)20-12/h2-8,19H,9H2,1H3. The summed E-state index contributed by atoms with van der Waals surface area (Å²) in [6.07, 6.45) is 3.37. The molecule has 2 aromatic heterocycles. The van der Waals surface area contributed by atoms with Gasteiger partial charge in [0.25, 0.3) is 0 Å². The summed E-state index contributed by atoms with van der Waals surface area (Å²) in [7, 11) is -2.54. The van der Waals surface area contributed by atoms with Crippen LogP contribution in [0.4, 0.5) is 0 Å². The quantitative estimate of drug-likeness (QED) is 0.649. The molecule has 10 heteroatoms. The number of carbonyl (C=O) groups excluding carboxylic acids is 1. The number of nitrogens with zero attached hydrogens (tertiary/aromatic N) is 2. The fourth-order valence-electron chi connectivity index (χ4n) is 2.26. The van der Waals surface area contributed by atoms with Gasteiger partial charge in [-0.05, 0) is 37.4 Å². The Bertz CT molecular complexity index is 1100. The Balaban J connectivity index is 1.78. The average Bonchev–Trinajstić information content (AvgIpc) is 3.01. The first-order valence-electron chi connectivity index (χ1n) is 7.33. The van der Waals surface area contributed by atoms with Crippen LogP contribution < -0.4 is 4.72 Å². The van der Waals surface area contributed by atoms with Crippen LogP contribution >= 0.6 is 23.2 Å². The number of sulfonamides is 1. The zero-order chi connectivity index (χ0) is 18.9. The maximum atomic E-state index is 12.2. The molecule has 0 spiro atoms. The number of halogens is 2. The second-order valence-electron chi connectivity index (χ2n) is 5.27. The smallest absolute Gasteiger partial charge is 0.338 e. The number of esters is 1. The van der Waals surface area contributed by atoms with Crippen molar-refractivity contribution in [3.05, 3.63) is 64.0 Å². The largest absolute Gasteiger partial charge is 0.456 e. The Labute approximate surface area is 159 Å². The number of hydrogen-bond donors (Lipinski definition) is 1. The van der Waals surface area contributed by atoms with E-state index in [1.54, 1.807) is 28.9 Å². The number of aromatic nitrogens is 2. The summed E-state index contributed by atoms with van der Waals surface area (Å²) in [5, 5.41) is 0.561. The van der Waals surface area contributed by atoms with E-state index in [1.165, 1.54) is 25.2 Å². The third-order valence-corrected chi connectivity index (χ3v) is 5.66. The Kier molecular flexibility index (Phi) is 5.19. The van der Waals surface area contributed by atoms with Crippen molar-refractivity contribution in [3.63, 3.8) is 0 Å². The molecule has 0 fully saturated rings. The van der Waals surface area contributed by atoms with E-state index in [9.17, 15) is 13.2 Å². The van der Waals surface area contributed by atoms with Gasteiger partial charge in [-0.1, -0.05) is 23.2 Å². The molecule has 1 N–H and O–H groups in total. The van der Waals surface area contributed by atoms with E-state index in [0.29, 0.717) is 16.4 Å². The van der Waals surface area contributed by atoms with Gasteiger partial charge < -0.3 is 9.14 Å². The first-order chi connectivity index (χ1) is 12.3. The van der Waals surface area contributed by atoms with Gasteiger partial charge in [-0.15, -0.1) is 0 Å². The predicted molar refractivity (Wildman–Crippen MR) is 97.0 cm³/mol. The van der Waals surface area contributed by atoms with E-state index >= 15 is 0 Å². The molecule has 26 heavy (non-hydrogen) atoms. The molecule has 0 radical (unpaired) electrons. The average molecular weight is 414 g/mol. The molecular formula is C16H13Cl2N3O4S. The molecule has 2 heterocycles. The molecule has 0 amide bonds. The molecule has 3 rings (SSSR count). The van der Waals surface area contributed by atoms with Crippen LogP contribution in [0, 0.1) is 0 Å². The highest BCUT2D eigenvalue weighted by Gasteiger charge is 2.19. The van der Waals surface area contributed by atoms with E-state index in [0.717, 1.165) is 0 Å². The van der Waals surface area contributed by atoms with Crippen molar-refractivity contribution in [2.45, 2.75) is 11.5 Å². The fraction of sp³-hybridized carbons (Fsp3) is 0.125. The van der Waals surface area contributed by atoms with Crippen molar-refractivity contribution in [2.75, 3.05) is 7.05 Å². The van der Waals surface area contributed by atoms with Crippen LogP contribution in [0.25, 0.3) is 5.65 Å². The highest BCUT2D eigenvalue weighted by molar-refractivity contribution is 7.89. The van der Waals surface area contributed by atoms with Crippen LogP contribution in [-0.2, 0) is 21.4 Å². The molecule has 3 aromatic rings. The molecule has 1 aromatic carbocycles.